The number of rotatable bonds is 7. The van der Waals surface area contributed by atoms with Crippen molar-refractivity contribution in [1.29, 1.82) is 0 Å². The predicted octanol–water partition coefficient (Wildman–Crippen LogP) is 2.45. The zero-order chi connectivity index (χ0) is 15.3. The van der Waals surface area contributed by atoms with Gasteiger partial charge in [-0.25, -0.2) is 13.1 Å². The first-order valence-corrected chi connectivity index (χ1v) is 9.21. The molecular formula is C16H26N2O2S. The Balaban J connectivity index is 2.03. The summed E-state index contributed by atoms with van der Waals surface area (Å²) in [7, 11) is -1.47. The van der Waals surface area contributed by atoms with E-state index in [1.807, 2.05) is 26.1 Å². The Hall–Kier alpha value is -0.910. The van der Waals surface area contributed by atoms with Crippen molar-refractivity contribution in [2.75, 3.05) is 13.6 Å². The Labute approximate surface area is 128 Å². The maximum Gasteiger partial charge on any atom is 0.241 e. The fourth-order valence-corrected chi connectivity index (χ4v) is 4.41. The highest BCUT2D eigenvalue weighted by molar-refractivity contribution is 7.89. The average Bonchev–Trinajstić information content (AvgIpc) is 2.85. The maximum atomic E-state index is 12.4. The van der Waals surface area contributed by atoms with Crippen LogP contribution in [0.1, 0.15) is 44.6 Å². The Bertz CT molecular complexity index is 546. The van der Waals surface area contributed by atoms with Gasteiger partial charge in [-0.1, -0.05) is 25.0 Å². The van der Waals surface area contributed by atoms with Crippen molar-refractivity contribution in [2.24, 2.45) is 0 Å². The molecule has 1 fully saturated rings. The van der Waals surface area contributed by atoms with Gasteiger partial charge >= 0.3 is 0 Å². The first-order valence-electron chi connectivity index (χ1n) is 7.73. The minimum absolute atomic E-state index is 0.274. The van der Waals surface area contributed by atoms with Gasteiger partial charge in [0.15, 0.2) is 0 Å². The van der Waals surface area contributed by atoms with E-state index in [0.29, 0.717) is 4.90 Å². The molecule has 0 unspecified atom stereocenters. The highest BCUT2D eigenvalue weighted by atomic mass is 32.2. The molecule has 0 saturated heterocycles. The Morgan fingerprint density at radius 1 is 1.14 bits per heavy atom. The van der Waals surface area contributed by atoms with Crippen LogP contribution in [0.4, 0.5) is 0 Å². The predicted molar refractivity (Wildman–Crippen MR) is 85.9 cm³/mol. The lowest BCUT2D eigenvalue weighted by Crippen LogP contribution is -2.43. The average molecular weight is 310 g/mol. The topological polar surface area (TPSA) is 58.2 Å². The molecule has 0 radical (unpaired) electrons. The Morgan fingerprint density at radius 2 is 1.76 bits per heavy atom. The number of hydrogen-bond donors (Lipinski definition) is 2. The summed E-state index contributed by atoms with van der Waals surface area (Å²) in [6.07, 6.45) is 6.07. The quantitative estimate of drug-likeness (QED) is 0.761. The molecule has 1 saturated carbocycles. The van der Waals surface area contributed by atoms with Crippen molar-refractivity contribution < 1.29 is 8.42 Å². The highest BCUT2D eigenvalue weighted by Crippen LogP contribution is 2.30. The van der Waals surface area contributed by atoms with Crippen LogP contribution in [0.5, 0.6) is 0 Å². The van der Waals surface area contributed by atoms with E-state index in [1.165, 1.54) is 5.56 Å². The van der Waals surface area contributed by atoms with E-state index in [4.69, 9.17) is 0 Å². The summed E-state index contributed by atoms with van der Waals surface area (Å²) in [4.78, 5) is 0.369. The molecule has 118 valence electrons. The molecule has 2 rings (SSSR count). The molecule has 1 aromatic carbocycles. The zero-order valence-corrected chi connectivity index (χ0v) is 13.8. The second-order valence-electron chi connectivity index (χ2n) is 6.22. The number of sulfonamides is 1. The molecule has 0 atom stereocenters. The molecular weight excluding hydrogens is 284 g/mol. The van der Waals surface area contributed by atoms with E-state index in [1.54, 1.807) is 12.1 Å². The monoisotopic (exact) mass is 310 g/mol. The first kappa shape index (κ1) is 16.5. The van der Waals surface area contributed by atoms with Crippen LogP contribution < -0.4 is 10.0 Å². The summed E-state index contributed by atoms with van der Waals surface area (Å²) in [6, 6.07) is 7.27. The van der Waals surface area contributed by atoms with Gasteiger partial charge in [0.05, 0.1) is 4.90 Å². The summed E-state index contributed by atoms with van der Waals surface area (Å²) in [5.41, 5.74) is 0.904. The summed E-state index contributed by atoms with van der Waals surface area (Å²) >= 11 is 0. The van der Waals surface area contributed by atoms with Gasteiger partial charge < -0.3 is 5.32 Å². The molecule has 0 heterocycles. The lowest BCUT2D eigenvalue weighted by molar-refractivity contribution is 0.427. The van der Waals surface area contributed by atoms with Gasteiger partial charge in [0, 0.05) is 5.54 Å². The molecule has 1 aliphatic carbocycles. The van der Waals surface area contributed by atoms with Crippen LogP contribution in [0.25, 0.3) is 0 Å². The van der Waals surface area contributed by atoms with Gasteiger partial charge in [-0.05, 0) is 63.9 Å². The molecule has 1 aliphatic rings. The largest absolute Gasteiger partial charge is 0.320 e. The molecule has 0 spiro atoms. The third kappa shape index (κ3) is 4.53. The van der Waals surface area contributed by atoms with Gasteiger partial charge in [0.25, 0.3) is 0 Å². The highest BCUT2D eigenvalue weighted by Gasteiger charge is 2.33. The van der Waals surface area contributed by atoms with Gasteiger partial charge in [0.1, 0.15) is 0 Å². The first-order chi connectivity index (χ1) is 9.95. The number of benzene rings is 1. The SMILES string of the molecule is CNCCCc1ccc(S(=O)(=O)NC2(C)CCCC2)cc1. The minimum Gasteiger partial charge on any atom is -0.320 e. The Kier molecular flexibility index (Phi) is 5.41. The van der Waals surface area contributed by atoms with Crippen LogP contribution in [-0.2, 0) is 16.4 Å². The van der Waals surface area contributed by atoms with Crippen molar-refractivity contribution in [1.82, 2.24) is 10.0 Å². The summed E-state index contributed by atoms with van der Waals surface area (Å²) in [5.74, 6) is 0. The number of nitrogens with one attached hydrogen (secondary N) is 2. The van der Waals surface area contributed by atoms with Gasteiger partial charge in [-0.3, -0.25) is 0 Å². The van der Waals surface area contributed by atoms with E-state index in [0.717, 1.165) is 45.1 Å². The summed E-state index contributed by atoms with van der Waals surface area (Å²) in [6.45, 7) is 2.98. The standard InChI is InChI=1S/C16H26N2O2S/c1-16(11-3-4-12-16)18-21(19,20)15-9-7-14(8-10-15)6-5-13-17-2/h7-10,17-18H,3-6,11-13H2,1-2H3. The van der Waals surface area contributed by atoms with Crippen LogP contribution >= 0.6 is 0 Å². The molecule has 0 amide bonds. The van der Waals surface area contributed by atoms with Gasteiger partial charge in [0.2, 0.25) is 10.0 Å². The maximum absolute atomic E-state index is 12.4. The van der Waals surface area contributed by atoms with Gasteiger partial charge in [-0.2, -0.15) is 0 Å². The van der Waals surface area contributed by atoms with Crippen molar-refractivity contribution in [3.05, 3.63) is 29.8 Å². The molecule has 1 aromatic rings. The van der Waals surface area contributed by atoms with Crippen LogP contribution in [0.3, 0.4) is 0 Å². The molecule has 21 heavy (non-hydrogen) atoms. The van der Waals surface area contributed by atoms with Crippen molar-refractivity contribution >= 4 is 10.0 Å². The van der Waals surface area contributed by atoms with Crippen molar-refractivity contribution in [2.45, 2.75) is 55.9 Å². The van der Waals surface area contributed by atoms with E-state index < -0.39 is 10.0 Å². The van der Waals surface area contributed by atoms with Crippen LogP contribution in [0, 0.1) is 0 Å². The third-order valence-corrected chi connectivity index (χ3v) is 5.87. The molecule has 4 nitrogen and oxygen atoms in total. The zero-order valence-electron chi connectivity index (χ0n) is 13.0. The second-order valence-corrected chi connectivity index (χ2v) is 7.91. The fourth-order valence-electron chi connectivity index (χ4n) is 2.95. The van der Waals surface area contributed by atoms with Crippen LogP contribution in [0.15, 0.2) is 29.2 Å². The number of hydrogen-bond acceptors (Lipinski definition) is 3. The van der Waals surface area contributed by atoms with E-state index in [2.05, 4.69) is 10.0 Å². The van der Waals surface area contributed by atoms with Gasteiger partial charge in [-0.15, -0.1) is 0 Å². The number of aryl methyl sites for hydroxylation is 1. The molecule has 2 N–H and O–H groups in total. The summed E-state index contributed by atoms with van der Waals surface area (Å²) in [5, 5.41) is 3.11. The van der Waals surface area contributed by atoms with Crippen molar-refractivity contribution in [3.63, 3.8) is 0 Å². The molecule has 0 bridgehead atoms. The van der Waals surface area contributed by atoms with Crippen LogP contribution in [-0.4, -0.2) is 27.5 Å². The minimum atomic E-state index is -3.41. The smallest absolute Gasteiger partial charge is 0.241 e. The molecule has 0 aliphatic heterocycles. The molecule has 5 heteroatoms. The molecule has 0 aromatic heterocycles. The lowest BCUT2D eigenvalue weighted by atomic mass is 10.0. The lowest BCUT2D eigenvalue weighted by Gasteiger charge is -2.24. The van der Waals surface area contributed by atoms with Crippen molar-refractivity contribution in [3.8, 4) is 0 Å². The fraction of sp³-hybridized carbons (Fsp3) is 0.625. The van der Waals surface area contributed by atoms with E-state index in [9.17, 15) is 8.42 Å². The summed E-state index contributed by atoms with van der Waals surface area (Å²) < 4.78 is 27.8. The van der Waals surface area contributed by atoms with E-state index >= 15 is 0 Å². The third-order valence-electron chi connectivity index (χ3n) is 4.21. The van der Waals surface area contributed by atoms with E-state index in [-0.39, 0.29) is 5.54 Å². The second kappa shape index (κ2) is 6.90. The van der Waals surface area contributed by atoms with Crippen LogP contribution in [0.2, 0.25) is 0 Å². The normalized spacial score (nSPS) is 18.0. The Morgan fingerprint density at radius 3 is 2.33 bits per heavy atom.